The molecule has 104 valence electrons. The number of para-hydroxylation sites is 1. The van der Waals surface area contributed by atoms with Crippen LogP contribution in [0.4, 0.5) is 0 Å². The predicted octanol–water partition coefficient (Wildman–Crippen LogP) is 2.78. The van der Waals surface area contributed by atoms with Crippen molar-refractivity contribution in [3.05, 3.63) is 36.0 Å². The van der Waals surface area contributed by atoms with Crippen molar-refractivity contribution in [3.63, 3.8) is 0 Å². The van der Waals surface area contributed by atoms with E-state index in [9.17, 15) is 0 Å². The second-order valence-electron chi connectivity index (χ2n) is 5.26. The van der Waals surface area contributed by atoms with Crippen LogP contribution in [0, 0.1) is 0 Å². The lowest BCUT2D eigenvalue weighted by Crippen LogP contribution is -2.13. The molecule has 0 N–H and O–H groups in total. The number of rotatable bonds is 7. The molecule has 2 aromatic rings. The molecule has 1 aromatic carbocycles. The highest BCUT2D eigenvalue weighted by Gasteiger charge is 2.07. The lowest BCUT2D eigenvalue weighted by Gasteiger charge is -2.08. The summed E-state index contributed by atoms with van der Waals surface area (Å²) in [5.74, 6) is 0. The molecule has 1 aromatic heterocycles. The van der Waals surface area contributed by atoms with Gasteiger partial charge >= 0.3 is 0 Å². The van der Waals surface area contributed by atoms with Crippen LogP contribution in [-0.4, -0.2) is 43.8 Å². The summed E-state index contributed by atoms with van der Waals surface area (Å²) in [6.07, 6.45) is 4.63. The fraction of sp³-hybridized carbons (Fsp3) is 0.500. The molecule has 0 bridgehead atoms. The van der Waals surface area contributed by atoms with Gasteiger partial charge in [-0.2, -0.15) is 0 Å². The van der Waals surface area contributed by atoms with Crippen LogP contribution in [0.3, 0.4) is 0 Å². The van der Waals surface area contributed by atoms with Gasteiger partial charge in [0.25, 0.3) is 0 Å². The van der Waals surface area contributed by atoms with Gasteiger partial charge in [0.15, 0.2) is 0 Å². The normalized spacial score (nSPS) is 11.6. The monoisotopic (exact) mass is 260 g/mol. The van der Waals surface area contributed by atoms with Gasteiger partial charge in [-0.1, -0.05) is 18.2 Å². The van der Waals surface area contributed by atoms with Gasteiger partial charge in [0, 0.05) is 30.8 Å². The summed E-state index contributed by atoms with van der Waals surface area (Å²) in [5.41, 5.74) is 2.77. The van der Waals surface area contributed by atoms with Gasteiger partial charge in [0.2, 0.25) is 0 Å². The Morgan fingerprint density at radius 2 is 2.00 bits per heavy atom. The summed E-state index contributed by atoms with van der Waals surface area (Å²) in [6, 6.07) is 8.65. The van der Waals surface area contributed by atoms with Crippen LogP contribution in [-0.2, 0) is 17.7 Å². The van der Waals surface area contributed by atoms with Crippen molar-refractivity contribution in [3.8, 4) is 0 Å². The molecule has 19 heavy (non-hydrogen) atoms. The number of hydrogen-bond acceptors (Lipinski definition) is 2. The molecule has 0 spiro atoms. The van der Waals surface area contributed by atoms with E-state index in [0.29, 0.717) is 0 Å². The first kappa shape index (κ1) is 14.1. The van der Waals surface area contributed by atoms with E-state index in [4.69, 9.17) is 4.74 Å². The zero-order valence-electron chi connectivity index (χ0n) is 12.2. The van der Waals surface area contributed by atoms with E-state index in [1.165, 1.54) is 22.9 Å². The predicted molar refractivity (Wildman–Crippen MR) is 80.7 cm³/mol. The maximum Gasteiger partial charge on any atom is 0.0641 e. The SMILES string of the molecule is COCCn1cc(CCCN(C)C)c2ccccc21. The molecular formula is C16H24N2O. The third kappa shape index (κ3) is 3.58. The Labute approximate surface area is 115 Å². The molecule has 0 saturated heterocycles. The maximum absolute atomic E-state index is 5.19. The average molecular weight is 260 g/mol. The van der Waals surface area contributed by atoms with Crippen molar-refractivity contribution in [2.75, 3.05) is 34.4 Å². The van der Waals surface area contributed by atoms with Crippen LogP contribution in [0.1, 0.15) is 12.0 Å². The fourth-order valence-corrected chi connectivity index (χ4v) is 2.48. The van der Waals surface area contributed by atoms with Crippen molar-refractivity contribution in [2.24, 2.45) is 0 Å². The summed E-state index contributed by atoms with van der Waals surface area (Å²) in [7, 11) is 6.01. The quantitative estimate of drug-likeness (QED) is 0.761. The van der Waals surface area contributed by atoms with Gasteiger partial charge in [-0.25, -0.2) is 0 Å². The van der Waals surface area contributed by atoms with Gasteiger partial charge in [0.05, 0.1) is 6.61 Å². The largest absolute Gasteiger partial charge is 0.383 e. The minimum Gasteiger partial charge on any atom is -0.383 e. The maximum atomic E-state index is 5.19. The smallest absolute Gasteiger partial charge is 0.0641 e. The first-order valence-electron chi connectivity index (χ1n) is 6.93. The molecule has 3 nitrogen and oxygen atoms in total. The number of fused-ring (bicyclic) bond motifs is 1. The average Bonchev–Trinajstić information content (AvgIpc) is 2.75. The van der Waals surface area contributed by atoms with Gasteiger partial charge in [-0.15, -0.1) is 0 Å². The third-order valence-corrected chi connectivity index (χ3v) is 3.46. The summed E-state index contributed by atoms with van der Waals surface area (Å²) in [4.78, 5) is 2.24. The summed E-state index contributed by atoms with van der Waals surface area (Å²) in [6.45, 7) is 2.82. The van der Waals surface area contributed by atoms with Crippen molar-refractivity contribution >= 4 is 10.9 Å². The van der Waals surface area contributed by atoms with E-state index in [1.807, 2.05) is 0 Å². The van der Waals surface area contributed by atoms with Crippen molar-refractivity contribution in [1.29, 1.82) is 0 Å². The summed E-state index contributed by atoms with van der Waals surface area (Å²) >= 11 is 0. The standard InChI is InChI=1S/C16H24N2O/c1-17(2)10-6-7-14-13-18(11-12-19-3)16-9-5-4-8-15(14)16/h4-5,8-9,13H,6-7,10-12H2,1-3H3. The molecular weight excluding hydrogens is 236 g/mol. The Kier molecular flexibility index (Phi) is 5.00. The molecule has 0 saturated carbocycles. The molecule has 0 amide bonds. The Bertz CT molecular complexity index is 516. The number of benzene rings is 1. The Hall–Kier alpha value is -1.32. The molecule has 0 unspecified atom stereocenters. The zero-order valence-corrected chi connectivity index (χ0v) is 12.2. The van der Waals surface area contributed by atoms with E-state index in [1.54, 1.807) is 7.11 Å². The Balaban J connectivity index is 2.18. The van der Waals surface area contributed by atoms with E-state index >= 15 is 0 Å². The number of aromatic nitrogens is 1. The Morgan fingerprint density at radius 1 is 1.21 bits per heavy atom. The summed E-state index contributed by atoms with van der Waals surface area (Å²) in [5, 5.41) is 1.39. The highest BCUT2D eigenvalue weighted by Crippen LogP contribution is 2.22. The van der Waals surface area contributed by atoms with Crippen LogP contribution >= 0.6 is 0 Å². The van der Waals surface area contributed by atoms with E-state index in [2.05, 4.69) is 54.0 Å². The van der Waals surface area contributed by atoms with Crippen LogP contribution in [0.2, 0.25) is 0 Å². The lowest BCUT2D eigenvalue weighted by atomic mass is 10.1. The second-order valence-corrected chi connectivity index (χ2v) is 5.26. The molecule has 3 heteroatoms. The molecule has 0 radical (unpaired) electrons. The van der Waals surface area contributed by atoms with Crippen LogP contribution < -0.4 is 0 Å². The first-order chi connectivity index (χ1) is 9.22. The highest BCUT2D eigenvalue weighted by atomic mass is 16.5. The number of aryl methyl sites for hydroxylation is 1. The van der Waals surface area contributed by atoms with Crippen LogP contribution in [0.5, 0.6) is 0 Å². The third-order valence-electron chi connectivity index (χ3n) is 3.46. The molecule has 1 heterocycles. The van der Waals surface area contributed by atoms with E-state index < -0.39 is 0 Å². The molecule has 0 aliphatic heterocycles. The van der Waals surface area contributed by atoms with Gasteiger partial charge in [-0.05, 0) is 45.1 Å². The second kappa shape index (κ2) is 6.73. The zero-order chi connectivity index (χ0) is 13.7. The van der Waals surface area contributed by atoms with Crippen LogP contribution in [0.15, 0.2) is 30.5 Å². The highest BCUT2D eigenvalue weighted by molar-refractivity contribution is 5.83. The first-order valence-corrected chi connectivity index (χ1v) is 6.93. The van der Waals surface area contributed by atoms with E-state index in [-0.39, 0.29) is 0 Å². The molecule has 0 atom stereocenters. The van der Waals surface area contributed by atoms with Gasteiger partial charge < -0.3 is 14.2 Å². The van der Waals surface area contributed by atoms with Gasteiger partial charge in [-0.3, -0.25) is 0 Å². The summed E-state index contributed by atoms with van der Waals surface area (Å²) < 4.78 is 7.50. The number of nitrogens with zero attached hydrogens (tertiary/aromatic N) is 2. The van der Waals surface area contributed by atoms with Gasteiger partial charge in [0.1, 0.15) is 0 Å². The number of ether oxygens (including phenoxy) is 1. The molecule has 2 rings (SSSR count). The van der Waals surface area contributed by atoms with Crippen molar-refractivity contribution < 1.29 is 4.74 Å². The Morgan fingerprint density at radius 3 is 2.74 bits per heavy atom. The molecule has 0 aliphatic carbocycles. The minimum absolute atomic E-state index is 0.760. The minimum atomic E-state index is 0.760. The fourth-order valence-electron chi connectivity index (χ4n) is 2.48. The number of hydrogen-bond donors (Lipinski definition) is 0. The van der Waals surface area contributed by atoms with Crippen molar-refractivity contribution in [2.45, 2.75) is 19.4 Å². The van der Waals surface area contributed by atoms with Crippen LogP contribution in [0.25, 0.3) is 10.9 Å². The van der Waals surface area contributed by atoms with E-state index in [0.717, 1.165) is 26.1 Å². The topological polar surface area (TPSA) is 17.4 Å². The number of methoxy groups -OCH3 is 1. The molecule has 0 fully saturated rings. The lowest BCUT2D eigenvalue weighted by molar-refractivity contribution is 0.188. The van der Waals surface area contributed by atoms with Crippen molar-refractivity contribution in [1.82, 2.24) is 9.47 Å². The molecule has 0 aliphatic rings.